The first kappa shape index (κ1) is 13.7. The van der Waals surface area contributed by atoms with Crippen molar-refractivity contribution in [3.8, 4) is 0 Å². The molecule has 7 heteroatoms. The van der Waals surface area contributed by atoms with Crippen molar-refractivity contribution in [1.82, 2.24) is 20.2 Å². The number of hydrazine groups is 1. The van der Waals surface area contributed by atoms with Crippen LogP contribution < -0.4 is 16.6 Å². The summed E-state index contributed by atoms with van der Waals surface area (Å²) in [6, 6.07) is 0. The molecule has 1 fully saturated rings. The molecule has 1 aromatic heterocycles. The van der Waals surface area contributed by atoms with Gasteiger partial charge in [-0.3, -0.25) is 4.79 Å². The number of carbonyl (C=O) groups is 1. The highest BCUT2D eigenvalue weighted by Gasteiger charge is 2.11. The topological polar surface area (TPSA) is 96.2 Å². The van der Waals surface area contributed by atoms with Crippen LogP contribution in [0.2, 0.25) is 0 Å². The van der Waals surface area contributed by atoms with Crippen LogP contribution in [-0.2, 0) is 0 Å². The van der Waals surface area contributed by atoms with Gasteiger partial charge in [-0.25, -0.2) is 15.8 Å². The van der Waals surface area contributed by atoms with Crippen molar-refractivity contribution in [2.45, 2.75) is 19.3 Å². The molecule has 1 saturated heterocycles. The van der Waals surface area contributed by atoms with E-state index >= 15 is 0 Å². The van der Waals surface area contributed by atoms with Crippen LogP contribution in [0.25, 0.3) is 0 Å². The third kappa shape index (κ3) is 4.15. The summed E-state index contributed by atoms with van der Waals surface area (Å²) < 4.78 is 0. The fraction of sp³-hybridized carbons (Fsp3) is 0.583. The maximum atomic E-state index is 11.8. The molecule has 1 aromatic rings. The number of hydrogen-bond acceptors (Lipinski definition) is 6. The Bertz CT molecular complexity index is 401. The van der Waals surface area contributed by atoms with Crippen molar-refractivity contribution in [3.63, 3.8) is 0 Å². The molecule has 0 aliphatic carbocycles. The van der Waals surface area contributed by atoms with Crippen LogP contribution in [0.4, 0.5) is 5.82 Å². The van der Waals surface area contributed by atoms with E-state index in [9.17, 15) is 4.79 Å². The van der Waals surface area contributed by atoms with Gasteiger partial charge in [0.1, 0.15) is 5.69 Å². The van der Waals surface area contributed by atoms with Gasteiger partial charge < -0.3 is 15.6 Å². The van der Waals surface area contributed by atoms with E-state index in [0.717, 1.165) is 19.6 Å². The SMILES string of the molecule is NNc1cnc(C(=O)NCCN2CCCCC2)cn1. The quantitative estimate of drug-likeness (QED) is 0.511. The Morgan fingerprint density at radius 3 is 2.68 bits per heavy atom. The second-order valence-corrected chi connectivity index (χ2v) is 4.59. The molecule has 0 bridgehead atoms. The summed E-state index contributed by atoms with van der Waals surface area (Å²) in [4.78, 5) is 22.1. The summed E-state index contributed by atoms with van der Waals surface area (Å²) in [5.41, 5.74) is 2.67. The summed E-state index contributed by atoms with van der Waals surface area (Å²) in [6.07, 6.45) is 6.67. The average molecular weight is 264 g/mol. The lowest BCUT2D eigenvalue weighted by molar-refractivity contribution is 0.0941. The van der Waals surface area contributed by atoms with Crippen LogP contribution in [0.3, 0.4) is 0 Å². The van der Waals surface area contributed by atoms with E-state index in [1.54, 1.807) is 0 Å². The average Bonchev–Trinajstić information content (AvgIpc) is 2.48. The van der Waals surface area contributed by atoms with Gasteiger partial charge in [-0.2, -0.15) is 0 Å². The Labute approximate surface area is 112 Å². The molecule has 2 heterocycles. The lowest BCUT2D eigenvalue weighted by Gasteiger charge is -2.26. The first-order valence-corrected chi connectivity index (χ1v) is 6.59. The smallest absolute Gasteiger partial charge is 0.271 e. The molecule has 0 spiro atoms. The lowest BCUT2D eigenvalue weighted by Crippen LogP contribution is -2.37. The maximum absolute atomic E-state index is 11.8. The number of anilines is 1. The van der Waals surface area contributed by atoms with E-state index in [1.807, 2.05) is 0 Å². The fourth-order valence-electron chi connectivity index (χ4n) is 2.12. The van der Waals surface area contributed by atoms with Crippen LogP contribution in [-0.4, -0.2) is 47.0 Å². The molecule has 2 rings (SSSR count). The fourth-order valence-corrected chi connectivity index (χ4v) is 2.12. The predicted molar refractivity (Wildman–Crippen MR) is 72.5 cm³/mol. The highest BCUT2D eigenvalue weighted by molar-refractivity contribution is 5.91. The number of hydrogen-bond donors (Lipinski definition) is 3. The molecule has 1 aliphatic heterocycles. The van der Waals surface area contributed by atoms with E-state index in [0.29, 0.717) is 18.1 Å². The number of nitrogens with zero attached hydrogens (tertiary/aromatic N) is 3. The van der Waals surface area contributed by atoms with Gasteiger partial charge in [0.15, 0.2) is 5.82 Å². The Balaban J connectivity index is 1.73. The number of likely N-dealkylation sites (tertiary alicyclic amines) is 1. The lowest BCUT2D eigenvalue weighted by atomic mass is 10.1. The zero-order valence-corrected chi connectivity index (χ0v) is 10.9. The van der Waals surface area contributed by atoms with E-state index < -0.39 is 0 Å². The van der Waals surface area contributed by atoms with Crippen molar-refractivity contribution in [2.24, 2.45) is 5.84 Å². The summed E-state index contributed by atoms with van der Waals surface area (Å²) in [6.45, 7) is 3.79. The minimum atomic E-state index is -0.201. The van der Waals surface area contributed by atoms with Gasteiger partial charge in [0.2, 0.25) is 0 Å². The van der Waals surface area contributed by atoms with Gasteiger partial charge in [0, 0.05) is 13.1 Å². The monoisotopic (exact) mass is 264 g/mol. The molecular formula is C12H20N6O. The molecule has 4 N–H and O–H groups in total. The minimum absolute atomic E-state index is 0.201. The molecular weight excluding hydrogens is 244 g/mol. The Kier molecular flexibility index (Phi) is 5.05. The summed E-state index contributed by atoms with van der Waals surface area (Å²) in [5, 5.41) is 2.85. The zero-order valence-electron chi connectivity index (χ0n) is 10.9. The third-order valence-electron chi connectivity index (χ3n) is 3.19. The first-order chi connectivity index (χ1) is 9.29. The third-order valence-corrected chi connectivity index (χ3v) is 3.19. The highest BCUT2D eigenvalue weighted by Crippen LogP contribution is 2.07. The van der Waals surface area contributed by atoms with Gasteiger partial charge in [-0.1, -0.05) is 6.42 Å². The molecule has 0 saturated carbocycles. The van der Waals surface area contributed by atoms with Crippen molar-refractivity contribution in [1.29, 1.82) is 0 Å². The van der Waals surface area contributed by atoms with Gasteiger partial charge in [-0.15, -0.1) is 0 Å². The number of carbonyl (C=O) groups excluding carboxylic acids is 1. The highest BCUT2D eigenvalue weighted by atomic mass is 16.1. The summed E-state index contributed by atoms with van der Waals surface area (Å²) in [5.74, 6) is 5.41. The second-order valence-electron chi connectivity index (χ2n) is 4.59. The number of nitrogen functional groups attached to an aromatic ring is 1. The minimum Gasteiger partial charge on any atom is -0.349 e. The zero-order chi connectivity index (χ0) is 13.5. The van der Waals surface area contributed by atoms with Crippen molar-refractivity contribution < 1.29 is 4.79 Å². The van der Waals surface area contributed by atoms with Gasteiger partial charge in [0.05, 0.1) is 12.4 Å². The number of piperidine rings is 1. The van der Waals surface area contributed by atoms with E-state index in [1.165, 1.54) is 31.7 Å². The number of nitrogens with two attached hydrogens (primary N) is 1. The largest absolute Gasteiger partial charge is 0.349 e. The van der Waals surface area contributed by atoms with Crippen molar-refractivity contribution >= 4 is 11.7 Å². The van der Waals surface area contributed by atoms with E-state index in [4.69, 9.17) is 5.84 Å². The Morgan fingerprint density at radius 2 is 2.05 bits per heavy atom. The molecule has 19 heavy (non-hydrogen) atoms. The molecule has 1 amide bonds. The van der Waals surface area contributed by atoms with E-state index in [-0.39, 0.29) is 5.91 Å². The standard InChI is InChI=1S/C12H20N6O/c13-17-11-9-15-10(8-16-11)12(19)14-4-7-18-5-2-1-3-6-18/h8-9H,1-7,13H2,(H,14,19)(H,16,17). The van der Waals surface area contributed by atoms with Gasteiger partial charge in [-0.05, 0) is 25.9 Å². The second kappa shape index (κ2) is 7.01. The normalized spacial score (nSPS) is 16.1. The first-order valence-electron chi connectivity index (χ1n) is 6.59. The maximum Gasteiger partial charge on any atom is 0.271 e. The Morgan fingerprint density at radius 1 is 1.26 bits per heavy atom. The molecule has 0 aromatic carbocycles. The molecule has 0 radical (unpaired) electrons. The van der Waals surface area contributed by atoms with Crippen molar-refractivity contribution in [3.05, 3.63) is 18.1 Å². The molecule has 1 aliphatic rings. The van der Waals surface area contributed by atoms with Crippen LogP contribution in [0.1, 0.15) is 29.8 Å². The summed E-state index contributed by atoms with van der Waals surface area (Å²) >= 11 is 0. The van der Waals surface area contributed by atoms with Gasteiger partial charge >= 0.3 is 0 Å². The molecule has 0 unspecified atom stereocenters. The number of amides is 1. The number of aromatic nitrogens is 2. The van der Waals surface area contributed by atoms with Crippen LogP contribution >= 0.6 is 0 Å². The van der Waals surface area contributed by atoms with Gasteiger partial charge in [0.25, 0.3) is 5.91 Å². The van der Waals surface area contributed by atoms with Crippen LogP contribution in [0.5, 0.6) is 0 Å². The Hall–Kier alpha value is -1.73. The van der Waals surface area contributed by atoms with E-state index in [2.05, 4.69) is 25.6 Å². The molecule has 7 nitrogen and oxygen atoms in total. The van der Waals surface area contributed by atoms with Crippen LogP contribution in [0, 0.1) is 0 Å². The molecule has 104 valence electrons. The summed E-state index contributed by atoms with van der Waals surface area (Å²) in [7, 11) is 0. The molecule has 0 atom stereocenters. The predicted octanol–water partition coefficient (Wildman–Crippen LogP) is -0.0221. The van der Waals surface area contributed by atoms with Crippen molar-refractivity contribution in [2.75, 3.05) is 31.6 Å². The van der Waals surface area contributed by atoms with Crippen LogP contribution in [0.15, 0.2) is 12.4 Å². The number of rotatable bonds is 5. The number of nitrogens with one attached hydrogen (secondary N) is 2.